The number of rotatable bonds is 9. The van der Waals surface area contributed by atoms with Gasteiger partial charge in [-0.05, 0) is 70.6 Å². The fourth-order valence-electron chi connectivity index (χ4n) is 6.01. The second-order valence-electron chi connectivity index (χ2n) is 11.9. The number of carbonyl (C=O) groups is 2. The van der Waals surface area contributed by atoms with E-state index in [4.69, 9.17) is 11.6 Å². The van der Waals surface area contributed by atoms with E-state index in [-0.39, 0.29) is 18.9 Å². The lowest BCUT2D eigenvalue weighted by atomic mass is 9.97. The molecule has 6 rings (SSSR count). The smallest absolute Gasteiger partial charge is 0.336 e. The van der Waals surface area contributed by atoms with Crippen molar-refractivity contribution in [3.63, 3.8) is 0 Å². The van der Waals surface area contributed by atoms with Crippen LogP contribution in [-0.2, 0) is 41.7 Å². The minimum Gasteiger partial charge on any atom is -0.336 e. The standard InChI is InChI=1S/C40H33ClF3N3O2/c41-35-10-6-9-31-22-24-46(27-34(31)35)39(49)37(25-29-7-2-1-3-8-29)47(26-30-12-17-32(18-13-30)36-11-4-5-23-45-36)38(48)21-16-28-14-19-33(20-15-28)40(42,43)44/h1-21,23,37H,22,24-27H2/b21-16+/t37-/m0/s1. The lowest BCUT2D eigenvalue weighted by Gasteiger charge is -2.37. The summed E-state index contributed by atoms with van der Waals surface area (Å²) in [5, 5.41) is 0.593. The Labute approximate surface area is 288 Å². The fraction of sp³-hybridized carbons (Fsp3) is 0.175. The van der Waals surface area contributed by atoms with E-state index in [2.05, 4.69) is 4.98 Å². The summed E-state index contributed by atoms with van der Waals surface area (Å²) < 4.78 is 39.4. The number of carbonyl (C=O) groups excluding carboxylic acids is 2. The summed E-state index contributed by atoms with van der Waals surface area (Å²) in [6, 6.07) is 32.3. The van der Waals surface area contributed by atoms with Crippen LogP contribution < -0.4 is 0 Å². The zero-order chi connectivity index (χ0) is 34.4. The Morgan fingerprint density at radius 2 is 1.59 bits per heavy atom. The zero-order valence-electron chi connectivity index (χ0n) is 26.5. The molecule has 0 aliphatic carbocycles. The number of hydrogen-bond acceptors (Lipinski definition) is 3. The average molecular weight is 680 g/mol. The Morgan fingerprint density at radius 3 is 2.29 bits per heavy atom. The van der Waals surface area contributed by atoms with E-state index < -0.39 is 23.7 Å². The summed E-state index contributed by atoms with van der Waals surface area (Å²) in [4.78, 5) is 36.4. The number of aromatic nitrogens is 1. The predicted octanol–water partition coefficient (Wildman–Crippen LogP) is 8.66. The van der Waals surface area contributed by atoms with Gasteiger partial charge in [-0.1, -0.05) is 96.5 Å². The first-order valence-electron chi connectivity index (χ1n) is 15.9. The van der Waals surface area contributed by atoms with Gasteiger partial charge in [-0.25, -0.2) is 0 Å². The van der Waals surface area contributed by atoms with E-state index in [1.165, 1.54) is 24.3 Å². The van der Waals surface area contributed by atoms with E-state index in [1.54, 1.807) is 16.0 Å². The van der Waals surface area contributed by atoms with Gasteiger partial charge in [-0.3, -0.25) is 14.6 Å². The lowest BCUT2D eigenvalue weighted by molar-refractivity contribution is -0.144. The van der Waals surface area contributed by atoms with Crippen molar-refractivity contribution >= 4 is 29.5 Å². The van der Waals surface area contributed by atoms with Crippen LogP contribution in [0.1, 0.15) is 33.4 Å². The van der Waals surface area contributed by atoms with Crippen molar-refractivity contribution < 1.29 is 22.8 Å². The fourth-order valence-corrected chi connectivity index (χ4v) is 6.26. The average Bonchev–Trinajstić information content (AvgIpc) is 3.12. The van der Waals surface area contributed by atoms with Gasteiger partial charge in [-0.15, -0.1) is 0 Å². The van der Waals surface area contributed by atoms with Gasteiger partial charge in [0.2, 0.25) is 11.8 Å². The molecule has 1 aromatic heterocycles. The Kier molecular flexibility index (Phi) is 10.3. The first-order valence-corrected chi connectivity index (χ1v) is 16.3. The van der Waals surface area contributed by atoms with E-state index in [0.717, 1.165) is 45.6 Å². The molecule has 2 amide bonds. The maximum atomic E-state index is 14.6. The summed E-state index contributed by atoms with van der Waals surface area (Å²) in [6.07, 6.45) is 0.941. The van der Waals surface area contributed by atoms with Crippen LogP contribution in [0.3, 0.4) is 0 Å². The number of hydrogen-bond donors (Lipinski definition) is 0. The third-order valence-electron chi connectivity index (χ3n) is 8.67. The first kappa shape index (κ1) is 33.7. The minimum atomic E-state index is -4.47. The number of nitrogens with zero attached hydrogens (tertiary/aromatic N) is 3. The van der Waals surface area contributed by atoms with Crippen LogP contribution in [0.15, 0.2) is 128 Å². The monoisotopic (exact) mass is 679 g/mol. The molecule has 0 bridgehead atoms. The molecule has 0 radical (unpaired) electrons. The van der Waals surface area contributed by atoms with Crippen molar-refractivity contribution in [1.82, 2.24) is 14.8 Å². The number of alkyl halides is 3. The van der Waals surface area contributed by atoms with Gasteiger partial charge in [0.15, 0.2) is 0 Å². The summed E-state index contributed by atoms with van der Waals surface area (Å²) in [7, 11) is 0. The van der Waals surface area contributed by atoms with Crippen molar-refractivity contribution in [2.75, 3.05) is 6.54 Å². The lowest BCUT2D eigenvalue weighted by Crippen LogP contribution is -2.52. The summed E-state index contributed by atoms with van der Waals surface area (Å²) in [6.45, 7) is 0.911. The Morgan fingerprint density at radius 1 is 0.857 bits per heavy atom. The molecule has 0 saturated heterocycles. The van der Waals surface area contributed by atoms with E-state index in [9.17, 15) is 22.8 Å². The highest BCUT2D eigenvalue weighted by Gasteiger charge is 2.34. The second-order valence-corrected chi connectivity index (χ2v) is 12.3. The van der Waals surface area contributed by atoms with Gasteiger partial charge >= 0.3 is 6.18 Å². The van der Waals surface area contributed by atoms with Crippen LogP contribution in [0, 0.1) is 0 Å². The molecule has 5 aromatic rings. The molecule has 0 unspecified atom stereocenters. The highest BCUT2D eigenvalue weighted by atomic mass is 35.5. The van der Waals surface area contributed by atoms with Gasteiger partial charge < -0.3 is 9.80 Å². The second kappa shape index (κ2) is 14.9. The van der Waals surface area contributed by atoms with Crippen LogP contribution in [0.5, 0.6) is 0 Å². The van der Waals surface area contributed by atoms with Gasteiger partial charge in [-0.2, -0.15) is 13.2 Å². The van der Waals surface area contributed by atoms with Crippen molar-refractivity contribution in [3.8, 4) is 11.3 Å². The van der Waals surface area contributed by atoms with Crippen LogP contribution >= 0.6 is 11.6 Å². The number of amides is 2. The molecule has 0 saturated carbocycles. The molecule has 0 spiro atoms. The van der Waals surface area contributed by atoms with Crippen LogP contribution in [0.25, 0.3) is 17.3 Å². The number of fused-ring (bicyclic) bond motifs is 1. The normalized spacial score (nSPS) is 13.6. The maximum Gasteiger partial charge on any atom is 0.416 e. The molecular formula is C40H33ClF3N3O2. The summed E-state index contributed by atoms with van der Waals surface area (Å²) in [5.41, 5.74) is 5.04. The molecule has 2 heterocycles. The minimum absolute atomic E-state index is 0.118. The van der Waals surface area contributed by atoms with Crippen molar-refractivity contribution in [2.24, 2.45) is 0 Å². The Balaban J connectivity index is 1.34. The molecule has 248 valence electrons. The van der Waals surface area contributed by atoms with Crippen LogP contribution in [-0.4, -0.2) is 39.2 Å². The quantitative estimate of drug-likeness (QED) is 0.147. The van der Waals surface area contributed by atoms with Crippen molar-refractivity contribution in [3.05, 3.63) is 166 Å². The summed E-state index contributed by atoms with van der Waals surface area (Å²) in [5.74, 6) is -0.658. The highest BCUT2D eigenvalue weighted by Crippen LogP contribution is 2.30. The van der Waals surface area contributed by atoms with Gasteiger partial charge in [0, 0.05) is 48.9 Å². The third kappa shape index (κ3) is 8.27. The van der Waals surface area contributed by atoms with E-state index >= 15 is 0 Å². The van der Waals surface area contributed by atoms with Crippen molar-refractivity contribution in [2.45, 2.75) is 38.1 Å². The van der Waals surface area contributed by atoms with E-state index in [0.29, 0.717) is 30.1 Å². The zero-order valence-corrected chi connectivity index (χ0v) is 27.2. The Hall–Kier alpha value is -5.21. The van der Waals surface area contributed by atoms with Crippen molar-refractivity contribution in [1.29, 1.82) is 0 Å². The highest BCUT2D eigenvalue weighted by molar-refractivity contribution is 6.31. The molecule has 5 nitrogen and oxygen atoms in total. The van der Waals surface area contributed by atoms with Gasteiger partial charge in [0.25, 0.3) is 0 Å². The molecular weight excluding hydrogens is 647 g/mol. The summed E-state index contributed by atoms with van der Waals surface area (Å²) >= 11 is 6.55. The molecule has 1 aliphatic heterocycles. The topological polar surface area (TPSA) is 53.5 Å². The first-order chi connectivity index (χ1) is 23.7. The molecule has 0 fully saturated rings. The molecule has 0 N–H and O–H groups in total. The number of benzene rings is 4. The van der Waals surface area contributed by atoms with Gasteiger partial charge in [0.1, 0.15) is 6.04 Å². The maximum absolute atomic E-state index is 14.6. The van der Waals surface area contributed by atoms with Crippen LogP contribution in [0.2, 0.25) is 5.02 Å². The van der Waals surface area contributed by atoms with Crippen LogP contribution in [0.4, 0.5) is 13.2 Å². The molecule has 49 heavy (non-hydrogen) atoms. The van der Waals surface area contributed by atoms with Gasteiger partial charge in [0.05, 0.1) is 11.3 Å². The predicted molar refractivity (Wildman–Crippen MR) is 185 cm³/mol. The molecule has 1 aliphatic rings. The Bertz CT molecular complexity index is 1930. The molecule has 9 heteroatoms. The number of pyridine rings is 1. The third-order valence-corrected chi connectivity index (χ3v) is 9.02. The SMILES string of the molecule is O=C([C@H](Cc1ccccc1)N(Cc1ccc(-c2ccccn2)cc1)C(=O)/C=C/c1ccc(C(F)(F)F)cc1)N1CCc2cccc(Cl)c2C1. The molecule has 4 aromatic carbocycles. The largest absolute Gasteiger partial charge is 0.416 e. The van der Waals surface area contributed by atoms with E-state index in [1.807, 2.05) is 91.0 Å². The molecule has 1 atom stereocenters. The number of halogens is 4.